The van der Waals surface area contributed by atoms with Crippen LogP contribution in [-0.4, -0.2) is 18.2 Å². The number of ether oxygens (including phenoxy) is 1. The van der Waals surface area contributed by atoms with E-state index >= 15 is 0 Å². The molecule has 0 fully saturated rings. The fourth-order valence-electron chi connectivity index (χ4n) is 1.91. The Bertz CT molecular complexity index is 635. The summed E-state index contributed by atoms with van der Waals surface area (Å²) in [4.78, 5) is 11.3. The first-order chi connectivity index (χ1) is 9.02. The van der Waals surface area contributed by atoms with Gasteiger partial charge in [-0.1, -0.05) is 35.4 Å². The lowest BCUT2D eigenvalue weighted by molar-refractivity contribution is 0.0697. The van der Waals surface area contributed by atoms with E-state index in [9.17, 15) is 9.90 Å². The van der Waals surface area contributed by atoms with Gasteiger partial charge in [0.05, 0.1) is 17.7 Å². The van der Waals surface area contributed by atoms with E-state index in [0.29, 0.717) is 16.3 Å². The minimum absolute atomic E-state index is 0.259. The zero-order valence-corrected chi connectivity index (χ0v) is 11.4. The monoisotopic (exact) mass is 276 g/mol. The summed E-state index contributed by atoms with van der Waals surface area (Å²) in [6.45, 7) is 1.92. The van der Waals surface area contributed by atoms with Gasteiger partial charge in [-0.25, -0.2) is 4.79 Å². The summed E-state index contributed by atoms with van der Waals surface area (Å²) in [7, 11) is 1.53. The summed E-state index contributed by atoms with van der Waals surface area (Å²) < 4.78 is 5.16. The first-order valence-electron chi connectivity index (χ1n) is 5.71. The van der Waals surface area contributed by atoms with Crippen LogP contribution in [0.4, 0.5) is 0 Å². The van der Waals surface area contributed by atoms with Crippen molar-refractivity contribution in [2.45, 2.75) is 6.92 Å². The zero-order chi connectivity index (χ0) is 14.0. The molecule has 1 N–H and O–H groups in total. The molecular weight excluding hydrogens is 264 g/mol. The van der Waals surface area contributed by atoms with Crippen LogP contribution >= 0.6 is 11.6 Å². The number of carboxylic acid groups (broad SMARTS) is 1. The van der Waals surface area contributed by atoms with Crippen LogP contribution in [-0.2, 0) is 0 Å². The number of aryl methyl sites for hydroxylation is 1. The molecule has 0 spiro atoms. The molecule has 0 aromatic heterocycles. The van der Waals surface area contributed by atoms with Crippen LogP contribution in [0.1, 0.15) is 15.9 Å². The predicted molar refractivity (Wildman–Crippen MR) is 75.1 cm³/mol. The second-order valence-electron chi connectivity index (χ2n) is 4.20. The van der Waals surface area contributed by atoms with Crippen molar-refractivity contribution in [3.8, 4) is 16.9 Å². The molecule has 98 valence electrons. The number of benzene rings is 2. The van der Waals surface area contributed by atoms with Gasteiger partial charge in [-0.3, -0.25) is 0 Å². The Morgan fingerprint density at radius 1 is 1.21 bits per heavy atom. The van der Waals surface area contributed by atoms with Crippen molar-refractivity contribution in [2.75, 3.05) is 7.11 Å². The Morgan fingerprint density at radius 3 is 2.58 bits per heavy atom. The van der Waals surface area contributed by atoms with Crippen LogP contribution in [0.25, 0.3) is 11.1 Å². The lowest BCUT2D eigenvalue weighted by atomic mass is 9.97. The molecule has 0 saturated heterocycles. The van der Waals surface area contributed by atoms with E-state index in [1.807, 2.05) is 13.0 Å². The van der Waals surface area contributed by atoms with Crippen molar-refractivity contribution in [1.29, 1.82) is 0 Å². The third kappa shape index (κ3) is 2.71. The minimum Gasteiger partial charge on any atom is -0.495 e. The number of hydrogen-bond acceptors (Lipinski definition) is 2. The fraction of sp³-hybridized carbons (Fsp3) is 0.133. The van der Waals surface area contributed by atoms with Gasteiger partial charge in [0, 0.05) is 0 Å². The molecule has 0 saturated carbocycles. The van der Waals surface area contributed by atoms with Crippen LogP contribution in [0.3, 0.4) is 0 Å². The van der Waals surface area contributed by atoms with Gasteiger partial charge in [0.15, 0.2) is 0 Å². The van der Waals surface area contributed by atoms with Crippen LogP contribution in [0.2, 0.25) is 5.02 Å². The van der Waals surface area contributed by atoms with Crippen LogP contribution < -0.4 is 4.74 Å². The van der Waals surface area contributed by atoms with Gasteiger partial charge in [0.1, 0.15) is 5.75 Å². The van der Waals surface area contributed by atoms with E-state index in [1.165, 1.54) is 7.11 Å². The number of halogens is 1. The summed E-state index contributed by atoms with van der Waals surface area (Å²) >= 11 is 5.98. The maximum Gasteiger partial charge on any atom is 0.336 e. The van der Waals surface area contributed by atoms with Gasteiger partial charge in [0.25, 0.3) is 0 Å². The molecule has 0 unspecified atom stereocenters. The van der Waals surface area contributed by atoms with Crippen molar-refractivity contribution in [3.63, 3.8) is 0 Å². The quantitative estimate of drug-likeness (QED) is 0.921. The molecule has 0 amide bonds. The maximum absolute atomic E-state index is 11.3. The summed E-state index contributed by atoms with van der Waals surface area (Å²) in [5.41, 5.74) is 2.67. The van der Waals surface area contributed by atoms with Gasteiger partial charge in [-0.15, -0.1) is 0 Å². The number of aromatic carboxylic acids is 1. The highest BCUT2D eigenvalue weighted by atomic mass is 35.5. The third-order valence-electron chi connectivity index (χ3n) is 2.87. The van der Waals surface area contributed by atoms with E-state index < -0.39 is 5.97 Å². The Balaban J connectivity index is 2.64. The molecule has 0 heterocycles. The van der Waals surface area contributed by atoms with Crippen LogP contribution in [0.5, 0.6) is 5.75 Å². The van der Waals surface area contributed by atoms with Crippen molar-refractivity contribution in [1.82, 2.24) is 0 Å². The van der Waals surface area contributed by atoms with Crippen LogP contribution in [0, 0.1) is 6.92 Å². The number of rotatable bonds is 3. The van der Waals surface area contributed by atoms with E-state index in [-0.39, 0.29) is 5.56 Å². The Hall–Kier alpha value is -2.00. The lowest BCUT2D eigenvalue weighted by Crippen LogP contribution is -2.00. The Kier molecular flexibility index (Phi) is 3.76. The summed E-state index contributed by atoms with van der Waals surface area (Å²) in [6, 6.07) is 10.4. The van der Waals surface area contributed by atoms with Crippen LogP contribution in [0.15, 0.2) is 36.4 Å². The molecule has 4 heteroatoms. The number of carboxylic acids is 1. The van der Waals surface area contributed by atoms with Gasteiger partial charge < -0.3 is 9.84 Å². The highest BCUT2D eigenvalue weighted by molar-refractivity contribution is 6.32. The third-order valence-corrected chi connectivity index (χ3v) is 3.18. The van der Waals surface area contributed by atoms with E-state index in [1.54, 1.807) is 30.3 Å². The van der Waals surface area contributed by atoms with E-state index in [2.05, 4.69) is 0 Å². The van der Waals surface area contributed by atoms with Gasteiger partial charge in [0.2, 0.25) is 0 Å². The topological polar surface area (TPSA) is 46.5 Å². The largest absolute Gasteiger partial charge is 0.495 e. The number of hydrogen-bond donors (Lipinski definition) is 1. The molecule has 0 bridgehead atoms. The normalized spacial score (nSPS) is 10.3. The predicted octanol–water partition coefficient (Wildman–Crippen LogP) is 4.02. The molecule has 0 atom stereocenters. The zero-order valence-electron chi connectivity index (χ0n) is 10.6. The first kappa shape index (κ1) is 13.4. The van der Waals surface area contributed by atoms with Crippen molar-refractivity contribution >= 4 is 17.6 Å². The average molecular weight is 277 g/mol. The second-order valence-corrected chi connectivity index (χ2v) is 4.61. The molecule has 3 nitrogen and oxygen atoms in total. The second kappa shape index (κ2) is 5.33. The fourth-order valence-corrected chi connectivity index (χ4v) is 2.11. The molecule has 0 aliphatic carbocycles. The standard InChI is InChI=1S/C15H13ClO3/c1-9-3-5-11(15(17)18)12(7-9)10-4-6-13(16)14(8-10)19-2/h3-8H,1-2H3,(H,17,18). The van der Waals surface area contributed by atoms with Crippen molar-refractivity contribution in [3.05, 3.63) is 52.5 Å². The molecule has 0 radical (unpaired) electrons. The van der Waals surface area contributed by atoms with Gasteiger partial charge >= 0.3 is 5.97 Å². The van der Waals surface area contributed by atoms with E-state index in [4.69, 9.17) is 16.3 Å². The maximum atomic E-state index is 11.3. The Morgan fingerprint density at radius 2 is 1.95 bits per heavy atom. The Labute approximate surface area is 116 Å². The smallest absolute Gasteiger partial charge is 0.336 e. The summed E-state index contributed by atoms with van der Waals surface area (Å²) in [6.07, 6.45) is 0. The lowest BCUT2D eigenvalue weighted by Gasteiger charge is -2.10. The van der Waals surface area contributed by atoms with E-state index in [0.717, 1.165) is 11.1 Å². The summed E-state index contributed by atoms with van der Waals surface area (Å²) in [5, 5.41) is 9.74. The molecule has 19 heavy (non-hydrogen) atoms. The molecule has 0 aliphatic heterocycles. The molecule has 2 rings (SSSR count). The molecular formula is C15H13ClO3. The number of methoxy groups -OCH3 is 1. The SMILES string of the molecule is COc1cc(-c2cc(C)ccc2C(=O)O)ccc1Cl. The number of carbonyl (C=O) groups is 1. The summed E-state index contributed by atoms with van der Waals surface area (Å²) in [5.74, 6) is -0.430. The first-order valence-corrected chi connectivity index (χ1v) is 6.08. The van der Waals surface area contributed by atoms with Gasteiger partial charge in [-0.2, -0.15) is 0 Å². The molecule has 2 aromatic carbocycles. The van der Waals surface area contributed by atoms with Crippen molar-refractivity contribution < 1.29 is 14.6 Å². The highest BCUT2D eigenvalue weighted by Gasteiger charge is 2.13. The highest BCUT2D eigenvalue weighted by Crippen LogP contribution is 2.32. The van der Waals surface area contributed by atoms with Crippen molar-refractivity contribution in [2.24, 2.45) is 0 Å². The minimum atomic E-state index is -0.955. The average Bonchev–Trinajstić information content (AvgIpc) is 2.38. The molecule has 0 aliphatic rings. The van der Waals surface area contributed by atoms with Gasteiger partial charge in [-0.05, 0) is 36.2 Å². The molecule has 2 aromatic rings.